The molecule has 2 aromatic heterocycles. The number of nitrogens with one attached hydrogen (secondary N) is 1. The summed E-state index contributed by atoms with van der Waals surface area (Å²) >= 11 is 0. The van der Waals surface area contributed by atoms with Crippen molar-refractivity contribution >= 4 is 33.3 Å². The summed E-state index contributed by atoms with van der Waals surface area (Å²) in [5, 5.41) is 0.898. The summed E-state index contributed by atoms with van der Waals surface area (Å²) < 4.78 is 2.09. The minimum atomic E-state index is -0.261. The zero-order chi connectivity index (χ0) is 18.3. The Morgan fingerprint density at radius 2 is 1.85 bits per heavy atom. The number of nitrogens with two attached hydrogens (primary N) is 3. The first-order valence-electron chi connectivity index (χ1n) is 8.45. The third-order valence-electron chi connectivity index (χ3n) is 4.48. The Morgan fingerprint density at radius 1 is 1.08 bits per heavy atom. The van der Waals surface area contributed by atoms with Gasteiger partial charge in [-0.2, -0.15) is 0 Å². The number of aryl methyl sites for hydroxylation is 1. The Labute approximate surface area is 149 Å². The number of hydrogen-bond donors (Lipinski definition) is 4. The molecule has 132 valence electrons. The highest BCUT2D eigenvalue weighted by Gasteiger charge is 2.15. The number of aromatic amines is 1. The molecule has 26 heavy (non-hydrogen) atoms. The molecule has 0 saturated carbocycles. The van der Waals surface area contributed by atoms with Crippen LogP contribution < -0.4 is 22.8 Å². The van der Waals surface area contributed by atoms with Gasteiger partial charge >= 0.3 is 0 Å². The molecule has 2 heterocycles. The second-order valence-corrected chi connectivity index (χ2v) is 6.35. The summed E-state index contributed by atoms with van der Waals surface area (Å²) in [5.74, 6) is 0. The van der Waals surface area contributed by atoms with Crippen LogP contribution in [0.3, 0.4) is 0 Å². The van der Waals surface area contributed by atoms with Crippen LogP contribution in [0.4, 0.5) is 11.4 Å². The fourth-order valence-corrected chi connectivity index (χ4v) is 3.24. The van der Waals surface area contributed by atoms with E-state index in [2.05, 4.69) is 14.5 Å². The molecule has 0 atom stereocenters. The van der Waals surface area contributed by atoms with Crippen molar-refractivity contribution in [2.45, 2.75) is 13.0 Å². The van der Waals surface area contributed by atoms with Gasteiger partial charge in [-0.3, -0.25) is 4.79 Å². The smallest absolute Gasteiger partial charge is 0.275 e. The third kappa shape index (κ3) is 2.68. The molecule has 0 amide bonds. The van der Waals surface area contributed by atoms with Crippen molar-refractivity contribution in [1.29, 1.82) is 0 Å². The zero-order valence-corrected chi connectivity index (χ0v) is 14.2. The average molecular weight is 348 g/mol. The molecular weight excluding hydrogens is 328 g/mol. The Kier molecular flexibility index (Phi) is 3.85. The van der Waals surface area contributed by atoms with Crippen LogP contribution in [-0.4, -0.2) is 21.1 Å². The van der Waals surface area contributed by atoms with Crippen LogP contribution >= 0.6 is 0 Å². The van der Waals surface area contributed by atoms with Gasteiger partial charge in [-0.25, -0.2) is 4.98 Å². The van der Waals surface area contributed by atoms with Crippen molar-refractivity contribution in [1.82, 2.24) is 14.5 Å². The lowest BCUT2D eigenvalue weighted by Crippen LogP contribution is -2.11. The van der Waals surface area contributed by atoms with E-state index >= 15 is 0 Å². The number of rotatable bonds is 4. The highest BCUT2D eigenvalue weighted by molar-refractivity contribution is 5.97. The number of H-pyrrole nitrogens is 1. The predicted octanol–water partition coefficient (Wildman–Crippen LogP) is 2.06. The Hall–Kier alpha value is -3.32. The molecule has 0 aliphatic carbocycles. The lowest BCUT2D eigenvalue weighted by Gasteiger charge is -2.03. The quantitative estimate of drug-likeness (QED) is 0.420. The van der Waals surface area contributed by atoms with Crippen LogP contribution in [0.25, 0.3) is 33.2 Å². The van der Waals surface area contributed by atoms with Gasteiger partial charge in [-0.1, -0.05) is 0 Å². The number of aromatic nitrogens is 3. The van der Waals surface area contributed by atoms with Gasteiger partial charge < -0.3 is 26.8 Å². The molecule has 2 aromatic carbocycles. The van der Waals surface area contributed by atoms with Crippen LogP contribution in [-0.2, 0) is 6.54 Å². The number of nitrogen functional groups attached to an aromatic ring is 2. The molecule has 0 aliphatic rings. The second kappa shape index (κ2) is 6.20. The predicted molar refractivity (Wildman–Crippen MR) is 106 cm³/mol. The second-order valence-electron chi connectivity index (χ2n) is 6.35. The highest BCUT2D eigenvalue weighted by atomic mass is 16.1. The van der Waals surface area contributed by atoms with Gasteiger partial charge in [0.2, 0.25) is 0 Å². The van der Waals surface area contributed by atoms with E-state index in [1.54, 1.807) is 18.2 Å². The average Bonchev–Trinajstić information content (AvgIpc) is 2.96. The van der Waals surface area contributed by atoms with Crippen molar-refractivity contribution in [3.8, 4) is 11.3 Å². The molecular formula is C19H20N6O. The zero-order valence-electron chi connectivity index (χ0n) is 14.2. The normalized spacial score (nSPS) is 11.4. The van der Waals surface area contributed by atoms with Gasteiger partial charge in [-0.15, -0.1) is 0 Å². The summed E-state index contributed by atoms with van der Waals surface area (Å²) in [4.78, 5) is 20.1. The number of benzene rings is 2. The maximum atomic E-state index is 12.7. The number of anilines is 2. The van der Waals surface area contributed by atoms with Crippen molar-refractivity contribution in [2.75, 3.05) is 18.0 Å². The van der Waals surface area contributed by atoms with Gasteiger partial charge in [0.05, 0.1) is 11.0 Å². The molecule has 0 fully saturated rings. The fraction of sp³-hybridized carbons (Fsp3) is 0.158. The van der Waals surface area contributed by atoms with Crippen LogP contribution in [0.15, 0.2) is 47.4 Å². The maximum absolute atomic E-state index is 12.7. The molecule has 4 aromatic rings. The molecule has 7 N–H and O–H groups in total. The molecule has 4 rings (SSSR count). The van der Waals surface area contributed by atoms with E-state index in [-0.39, 0.29) is 5.56 Å². The summed E-state index contributed by atoms with van der Waals surface area (Å²) in [6.45, 7) is 1.36. The highest BCUT2D eigenvalue weighted by Crippen LogP contribution is 2.30. The molecule has 0 spiro atoms. The Bertz CT molecular complexity index is 1170. The van der Waals surface area contributed by atoms with Gasteiger partial charge in [0.1, 0.15) is 5.69 Å². The number of fused-ring (bicyclic) bond motifs is 2. The van der Waals surface area contributed by atoms with Crippen LogP contribution in [0.1, 0.15) is 6.42 Å². The van der Waals surface area contributed by atoms with Crippen molar-refractivity contribution < 1.29 is 0 Å². The third-order valence-corrected chi connectivity index (χ3v) is 4.48. The van der Waals surface area contributed by atoms with Crippen LogP contribution in [0.2, 0.25) is 0 Å². The molecule has 0 saturated heterocycles. The maximum Gasteiger partial charge on any atom is 0.275 e. The lowest BCUT2D eigenvalue weighted by atomic mass is 10.1. The fourth-order valence-electron chi connectivity index (χ4n) is 3.24. The van der Waals surface area contributed by atoms with Crippen LogP contribution in [0.5, 0.6) is 0 Å². The summed E-state index contributed by atoms with van der Waals surface area (Å²) in [6.07, 6.45) is 2.79. The van der Waals surface area contributed by atoms with Gasteiger partial charge in [0.15, 0.2) is 0 Å². The minimum Gasteiger partial charge on any atom is -0.399 e. The topological polar surface area (TPSA) is 129 Å². The Balaban J connectivity index is 1.97. The molecule has 0 aliphatic heterocycles. The van der Waals surface area contributed by atoms with E-state index in [1.807, 2.05) is 24.4 Å². The number of nitrogens with zero attached hydrogens (tertiary/aromatic N) is 2. The van der Waals surface area contributed by atoms with E-state index in [0.29, 0.717) is 34.6 Å². The lowest BCUT2D eigenvalue weighted by molar-refractivity contribution is 0.671. The first kappa shape index (κ1) is 16.2. The Morgan fingerprint density at radius 3 is 2.65 bits per heavy atom. The molecule has 7 nitrogen and oxygen atoms in total. The number of hydrogen-bond acceptors (Lipinski definition) is 5. The molecule has 7 heteroatoms. The summed E-state index contributed by atoms with van der Waals surface area (Å²) in [6, 6.07) is 11.0. The van der Waals surface area contributed by atoms with Gasteiger partial charge in [0, 0.05) is 40.6 Å². The van der Waals surface area contributed by atoms with Crippen molar-refractivity contribution in [3.05, 3.63) is 52.9 Å². The first-order chi connectivity index (χ1) is 12.6. The van der Waals surface area contributed by atoms with E-state index in [9.17, 15) is 4.79 Å². The van der Waals surface area contributed by atoms with Gasteiger partial charge in [0.25, 0.3) is 5.56 Å². The largest absolute Gasteiger partial charge is 0.399 e. The SMILES string of the molecule is NCCCn1cc(-c2nc3ccc(N)cc3[nH]c2=O)c2cc(N)ccc21. The molecule has 0 bridgehead atoms. The van der Waals surface area contributed by atoms with Crippen LogP contribution in [0, 0.1) is 0 Å². The van der Waals surface area contributed by atoms with E-state index in [0.717, 1.165) is 29.4 Å². The van der Waals surface area contributed by atoms with Crippen molar-refractivity contribution in [2.24, 2.45) is 5.73 Å². The van der Waals surface area contributed by atoms with E-state index < -0.39 is 0 Å². The standard InChI is InChI=1S/C19H20N6O/c20-6-1-7-25-10-14(13-8-11(21)3-5-17(13)25)18-19(26)24-16-9-12(22)2-4-15(16)23-18/h2-5,8-10H,1,6-7,20-22H2,(H,24,26). The van der Waals surface area contributed by atoms with Crippen molar-refractivity contribution in [3.63, 3.8) is 0 Å². The van der Waals surface area contributed by atoms with E-state index in [4.69, 9.17) is 17.2 Å². The first-order valence-corrected chi connectivity index (χ1v) is 8.45. The monoisotopic (exact) mass is 348 g/mol. The van der Waals surface area contributed by atoms with Gasteiger partial charge in [-0.05, 0) is 49.4 Å². The minimum absolute atomic E-state index is 0.261. The summed E-state index contributed by atoms with van der Waals surface area (Å²) in [7, 11) is 0. The molecule has 0 unspecified atom stereocenters. The summed E-state index contributed by atoms with van der Waals surface area (Å²) in [5.41, 5.74) is 21.8. The van der Waals surface area contributed by atoms with E-state index in [1.165, 1.54) is 0 Å². The molecule has 0 radical (unpaired) electrons.